The highest BCUT2D eigenvalue weighted by atomic mass is 35.5. The fourth-order valence-electron chi connectivity index (χ4n) is 2.85. The predicted molar refractivity (Wildman–Crippen MR) is 87.8 cm³/mol. The minimum absolute atomic E-state index is 0.0195. The summed E-state index contributed by atoms with van der Waals surface area (Å²) in [4.78, 5) is 0. The van der Waals surface area contributed by atoms with Gasteiger partial charge in [-0.05, 0) is 30.3 Å². The molecule has 1 heterocycles. The highest BCUT2D eigenvalue weighted by Crippen LogP contribution is 2.32. The molecule has 3 nitrogen and oxygen atoms in total. The Bertz CT molecular complexity index is 758. The number of hydrogen-bond acceptors (Lipinski definition) is 2. The average Bonchev–Trinajstić information content (AvgIpc) is 2.90. The van der Waals surface area contributed by atoms with Crippen molar-refractivity contribution >= 4 is 22.4 Å². The van der Waals surface area contributed by atoms with Crippen molar-refractivity contribution in [2.24, 2.45) is 0 Å². The number of benzene rings is 2. The smallest absolute Gasteiger partial charge is 0.0837 e. The molecule has 1 aromatic heterocycles. The first kappa shape index (κ1) is 14.1. The Morgan fingerprint density at radius 3 is 2.71 bits per heavy atom. The second kappa shape index (κ2) is 5.88. The van der Waals surface area contributed by atoms with E-state index in [4.69, 9.17) is 11.6 Å². The SMILES string of the molecule is CCn1ncc(Cl)c1C(NC)c1cccc2ccccc12. The third-order valence-electron chi connectivity index (χ3n) is 3.83. The Labute approximate surface area is 129 Å². The van der Waals surface area contributed by atoms with Crippen molar-refractivity contribution < 1.29 is 0 Å². The van der Waals surface area contributed by atoms with Crippen molar-refractivity contribution in [2.75, 3.05) is 7.05 Å². The van der Waals surface area contributed by atoms with Gasteiger partial charge in [0.25, 0.3) is 0 Å². The molecule has 0 radical (unpaired) electrons. The maximum Gasteiger partial charge on any atom is 0.0837 e. The molecule has 0 fully saturated rings. The van der Waals surface area contributed by atoms with E-state index in [1.54, 1.807) is 6.20 Å². The van der Waals surface area contributed by atoms with Gasteiger partial charge in [0.15, 0.2) is 0 Å². The van der Waals surface area contributed by atoms with Crippen molar-refractivity contribution in [3.63, 3.8) is 0 Å². The van der Waals surface area contributed by atoms with Gasteiger partial charge in [-0.1, -0.05) is 54.1 Å². The van der Waals surface area contributed by atoms with Gasteiger partial charge in [-0.2, -0.15) is 5.10 Å². The maximum atomic E-state index is 6.37. The summed E-state index contributed by atoms with van der Waals surface area (Å²) < 4.78 is 1.95. The molecule has 0 amide bonds. The number of aryl methyl sites for hydroxylation is 1. The van der Waals surface area contributed by atoms with Crippen LogP contribution in [0.1, 0.15) is 24.2 Å². The minimum atomic E-state index is 0.0195. The van der Waals surface area contributed by atoms with Crippen molar-refractivity contribution in [1.29, 1.82) is 0 Å². The molecule has 1 atom stereocenters. The van der Waals surface area contributed by atoms with Crippen LogP contribution in [0.2, 0.25) is 5.02 Å². The largest absolute Gasteiger partial charge is 0.308 e. The number of halogens is 1. The summed E-state index contributed by atoms with van der Waals surface area (Å²) >= 11 is 6.37. The molecular formula is C17H18ClN3. The highest BCUT2D eigenvalue weighted by molar-refractivity contribution is 6.31. The van der Waals surface area contributed by atoms with E-state index in [1.807, 2.05) is 11.7 Å². The average molecular weight is 300 g/mol. The third kappa shape index (κ3) is 2.43. The van der Waals surface area contributed by atoms with Gasteiger partial charge in [-0.3, -0.25) is 4.68 Å². The summed E-state index contributed by atoms with van der Waals surface area (Å²) in [5, 5.41) is 10.9. The molecule has 1 unspecified atom stereocenters. The van der Waals surface area contributed by atoms with E-state index in [0.717, 1.165) is 12.2 Å². The van der Waals surface area contributed by atoms with Gasteiger partial charge < -0.3 is 5.32 Å². The van der Waals surface area contributed by atoms with Gasteiger partial charge in [0.1, 0.15) is 0 Å². The monoisotopic (exact) mass is 299 g/mol. The number of nitrogens with one attached hydrogen (secondary N) is 1. The molecule has 3 rings (SSSR count). The predicted octanol–water partition coefficient (Wildman–Crippen LogP) is 4.02. The second-order valence-corrected chi connectivity index (χ2v) is 5.39. The zero-order valence-electron chi connectivity index (χ0n) is 12.2. The van der Waals surface area contributed by atoms with Gasteiger partial charge in [0.2, 0.25) is 0 Å². The highest BCUT2D eigenvalue weighted by Gasteiger charge is 2.21. The number of hydrogen-bond donors (Lipinski definition) is 1. The molecule has 0 saturated carbocycles. The lowest BCUT2D eigenvalue weighted by molar-refractivity contribution is 0.565. The van der Waals surface area contributed by atoms with Gasteiger partial charge in [0, 0.05) is 6.54 Å². The van der Waals surface area contributed by atoms with Gasteiger partial charge >= 0.3 is 0 Å². The molecule has 1 N–H and O–H groups in total. The summed E-state index contributed by atoms with van der Waals surface area (Å²) in [5.41, 5.74) is 2.23. The Morgan fingerprint density at radius 2 is 1.95 bits per heavy atom. The Morgan fingerprint density at radius 1 is 1.19 bits per heavy atom. The third-order valence-corrected chi connectivity index (χ3v) is 4.12. The molecule has 0 saturated heterocycles. The summed E-state index contributed by atoms with van der Waals surface area (Å²) in [6.45, 7) is 2.87. The van der Waals surface area contributed by atoms with Crippen LogP contribution in [0.5, 0.6) is 0 Å². The molecule has 0 spiro atoms. The van der Waals surface area contributed by atoms with Crippen LogP contribution in [0.15, 0.2) is 48.7 Å². The van der Waals surface area contributed by atoms with Gasteiger partial charge in [-0.25, -0.2) is 0 Å². The molecular weight excluding hydrogens is 282 g/mol. The number of rotatable bonds is 4. The van der Waals surface area contributed by atoms with Gasteiger partial charge in [-0.15, -0.1) is 0 Å². The normalized spacial score (nSPS) is 12.7. The van der Waals surface area contributed by atoms with Crippen LogP contribution in [0.3, 0.4) is 0 Å². The summed E-state index contributed by atoms with van der Waals surface area (Å²) in [7, 11) is 1.95. The summed E-state index contributed by atoms with van der Waals surface area (Å²) in [6.07, 6.45) is 1.72. The lowest BCUT2D eigenvalue weighted by Gasteiger charge is -2.20. The molecule has 108 valence electrons. The Balaban J connectivity index is 2.21. The van der Waals surface area contributed by atoms with Crippen molar-refractivity contribution in [1.82, 2.24) is 15.1 Å². The van der Waals surface area contributed by atoms with E-state index in [0.29, 0.717) is 5.02 Å². The fourth-order valence-corrected chi connectivity index (χ4v) is 3.10. The summed E-state index contributed by atoms with van der Waals surface area (Å²) in [5.74, 6) is 0. The standard InChI is InChI=1S/C17H18ClN3/c1-3-21-17(15(18)11-20-21)16(19-2)14-10-6-8-12-7-4-5-9-13(12)14/h4-11,16,19H,3H2,1-2H3. The van der Waals surface area contributed by atoms with Crippen molar-refractivity contribution in [2.45, 2.75) is 19.5 Å². The van der Waals surface area contributed by atoms with Crippen LogP contribution in [-0.2, 0) is 6.54 Å². The topological polar surface area (TPSA) is 29.9 Å². The quantitative estimate of drug-likeness (QED) is 0.788. The second-order valence-electron chi connectivity index (χ2n) is 4.98. The minimum Gasteiger partial charge on any atom is -0.308 e. The van der Waals surface area contributed by atoms with E-state index in [9.17, 15) is 0 Å². The molecule has 3 aromatic rings. The van der Waals surface area contributed by atoms with E-state index < -0.39 is 0 Å². The molecule has 0 aliphatic carbocycles. The van der Waals surface area contributed by atoms with Crippen LogP contribution in [0.4, 0.5) is 0 Å². The lowest BCUT2D eigenvalue weighted by atomic mass is 9.96. The maximum absolute atomic E-state index is 6.37. The first-order valence-corrected chi connectivity index (χ1v) is 7.50. The number of aromatic nitrogens is 2. The van der Waals surface area contributed by atoms with E-state index in [-0.39, 0.29) is 6.04 Å². The van der Waals surface area contributed by atoms with E-state index in [2.05, 4.69) is 59.8 Å². The molecule has 21 heavy (non-hydrogen) atoms. The van der Waals surface area contributed by atoms with Gasteiger partial charge in [0.05, 0.1) is 23.0 Å². The summed E-state index contributed by atoms with van der Waals surface area (Å²) in [6, 6.07) is 14.8. The zero-order valence-corrected chi connectivity index (χ0v) is 12.9. The lowest BCUT2D eigenvalue weighted by Crippen LogP contribution is -2.22. The van der Waals surface area contributed by atoms with E-state index in [1.165, 1.54) is 16.3 Å². The zero-order chi connectivity index (χ0) is 14.8. The first-order valence-electron chi connectivity index (χ1n) is 7.12. The number of fused-ring (bicyclic) bond motifs is 1. The van der Waals surface area contributed by atoms with Crippen molar-refractivity contribution in [3.8, 4) is 0 Å². The molecule has 0 aliphatic rings. The Kier molecular flexibility index (Phi) is 3.95. The molecule has 2 aromatic carbocycles. The van der Waals surface area contributed by atoms with Crippen LogP contribution < -0.4 is 5.32 Å². The Hall–Kier alpha value is -1.84. The first-order chi connectivity index (χ1) is 10.3. The van der Waals surface area contributed by atoms with Crippen LogP contribution in [0, 0.1) is 0 Å². The van der Waals surface area contributed by atoms with Crippen molar-refractivity contribution in [3.05, 3.63) is 64.9 Å². The van der Waals surface area contributed by atoms with Crippen LogP contribution >= 0.6 is 11.6 Å². The van der Waals surface area contributed by atoms with Crippen LogP contribution in [-0.4, -0.2) is 16.8 Å². The van der Waals surface area contributed by atoms with E-state index >= 15 is 0 Å². The fraction of sp³-hybridized carbons (Fsp3) is 0.235. The number of nitrogens with zero attached hydrogens (tertiary/aromatic N) is 2. The molecule has 0 bridgehead atoms. The van der Waals surface area contributed by atoms with Crippen LogP contribution in [0.25, 0.3) is 10.8 Å². The molecule has 0 aliphatic heterocycles. The molecule has 4 heteroatoms.